The van der Waals surface area contributed by atoms with Gasteiger partial charge in [-0.2, -0.15) is 0 Å². The fourth-order valence-electron chi connectivity index (χ4n) is 1.05. The monoisotopic (exact) mass is 218 g/mol. The minimum atomic E-state index is -0.0489. The van der Waals surface area contributed by atoms with Crippen molar-refractivity contribution in [2.75, 3.05) is 6.54 Å². The molecule has 1 aromatic rings. The van der Waals surface area contributed by atoms with Gasteiger partial charge in [-0.3, -0.25) is 4.79 Å². The SMILES string of the molecule is CC(=O)NCCC#Cc1ccc(CO)cn1. The number of amides is 1. The fraction of sp³-hybridized carbons (Fsp3) is 0.333. The first-order valence-corrected chi connectivity index (χ1v) is 5.01. The Kier molecular flexibility index (Phi) is 5.03. The molecule has 1 amide bonds. The summed E-state index contributed by atoms with van der Waals surface area (Å²) in [7, 11) is 0. The van der Waals surface area contributed by atoms with Gasteiger partial charge in [-0.25, -0.2) is 4.98 Å². The molecule has 0 saturated heterocycles. The van der Waals surface area contributed by atoms with Gasteiger partial charge in [-0.1, -0.05) is 12.0 Å². The van der Waals surface area contributed by atoms with E-state index in [2.05, 4.69) is 22.1 Å². The zero-order valence-electron chi connectivity index (χ0n) is 9.16. The highest BCUT2D eigenvalue weighted by Gasteiger charge is 1.91. The third-order valence-corrected chi connectivity index (χ3v) is 1.85. The molecule has 84 valence electrons. The van der Waals surface area contributed by atoms with Crippen molar-refractivity contribution in [2.45, 2.75) is 20.0 Å². The van der Waals surface area contributed by atoms with Crippen LogP contribution in [0.25, 0.3) is 0 Å². The predicted octanol–water partition coefficient (Wildman–Crippen LogP) is 0.452. The second kappa shape index (κ2) is 6.59. The Labute approximate surface area is 94.7 Å². The standard InChI is InChI=1S/C12H14N2O2/c1-10(16)13-7-3-2-4-12-6-5-11(9-15)8-14-12/h5-6,8,15H,3,7,9H2,1H3,(H,13,16). The average molecular weight is 218 g/mol. The van der Waals surface area contributed by atoms with Gasteiger partial charge in [0.25, 0.3) is 0 Å². The summed E-state index contributed by atoms with van der Waals surface area (Å²) in [5, 5.41) is 11.5. The highest BCUT2D eigenvalue weighted by atomic mass is 16.3. The van der Waals surface area contributed by atoms with E-state index in [0.29, 0.717) is 18.7 Å². The summed E-state index contributed by atoms with van der Waals surface area (Å²) in [4.78, 5) is 14.6. The zero-order chi connectivity index (χ0) is 11.8. The van der Waals surface area contributed by atoms with Crippen molar-refractivity contribution in [1.29, 1.82) is 0 Å². The topological polar surface area (TPSA) is 62.2 Å². The van der Waals surface area contributed by atoms with Gasteiger partial charge in [0.2, 0.25) is 5.91 Å². The molecule has 0 atom stereocenters. The van der Waals surface area contributed by atoms with E-state index in [9.17, 15) is 4.79 Å². The minimum absolute atomic E-state index is 0.0107. The van der Waals surface area contributed by atoms with E-state index in [1.165, 1.54) is 6.92 Å². The number of pyridine rings is 1. The normalized spacial score (nSPS) is 9.12. The van der Waals surface area contributed by atoms with E-state index in [1.807, 2.05) is 0 Å². The molecule has 2 N–H and O–H groups in total. The summed E-state index contributed by atoms with van der Waals surface area (Å²) in [6.45, 7) is 2.02. The van der Waals surface area contributed by atoms with E-state index < -0.39 is 0 Å². The van der Waals surface area contributed by atoms with E-state index in [-0.39, 0.29) is 12.5 Å². The van der Waals surface area contributed by atoms with Crippen LogP contribution in [-0.4, -0.2) is 22.5 Å². The molecule has 0 aliphatic rings. The number of carbonyl (C=O) groups is 1. The van der Waals surface area contributed by atoms with E-state index >= 15 is 0 Å². The summed E-state index contributed by atoms with van der Waals surface area (Å²) in [5.41, 5.74) is 1.43. The van der Waals surface area contributed by atoms with Gasteiger partial charge in [0.15, 0.2) is 0 Å². The molecule has 0 fully saturated rings. The molecular weight excluding hydrogens is 204 g/mol. The Bertz CT molecular complexity index is 401. The van der Waals surface area contributed by atoms with Crippen LogP contribution in [0.5, 0.6) is 0 Å². The molecule has 0 spiro atoms. The van der Waals surface area contributed by atoms with Crippen LogP contribution in [0.1, 0.15) is 24.6 Å². The number of nitrogens with one attached hydrogen (secondary N) is 1. The lowest BCUT2D eigenvalue weighted by Crippen LogP contribution is -2.20. The Balaban J connectivity index is 2.41. The lowest BCUT2D eigenvalue weighted by atomic mass is 10.2. The maximum absolute atomic E-state index is 10.6. The smallest absolute Gasteiger partial charge is 0.216 e. The van der Waals surface area contributed by atoms with Crippen LogP contribution in [0.4, 0.5) is 0 Å². The van der Waals surface area contributed by atoms with E-state index in [0.717, 1.165) is 5.56 Å². The third-order valence-electron chi connectivity index (χ3n) is 1.85. The van der Waals surface area contributed by atoms with Crippen LogP contribution >= 0.6 is 0 Å². The quantitative estimate of drug-likeness (QED) is 0.572. The Morgan fingerprint density at radius 3 is 2.94 bits per heavy atom. The highest BCUT2D eigenvalue weighted by Crippen LogP contribution is 1.98. The molecule has 0 aliphatic carbocycles. The van der Waals surface area contributed by atoms with Crippen LogP contribution in [0.3, 0.4) is 0 Å². The molecule has 16 heavy (non-hydrogen) atoms. The van der Waals surface area contributed by atoms with Crippen molar-refractivity contribution in [3.05, 3.63) is 29.6 Å². The molecular formula is C12H14N2O2. The van der Waals surface area contributed by atoms with Gasteiger partial charge in [0.05, 0.1) is 6.61 Å². The number of hydrogen-bond donors (Lipinski definition) is 2. The van der Waals surface area contributed by atoms with Gasteiger partial charge in [-0.05, 0) is 17.6 Å². The van der Waals surface area contributed by atoms with Crippen LogP contribution in [0.15, 0.2) is 18.3 Å². The van der Waals surface area contributed by atoms with Crippen molar-refractivity contribution in [2.24, 2.45) is 0 Å². The molecule has 0 aromatic carbocycles. The minimum Gasteiger partial charge on any atom is -0.392 e. The summed E-state index contributed by atoms with van der Waals surface area (Å²) in [5.74, 6) is 5.73. The van der Waals surface area contributed by atoms with E-state index in [1.54, 1.807) is 18.3 Å². The summed E-state index contributed by atoms with van der Waals surface area (Å²) >= 11 is 0. The first-order valence-electron chi connectivity index (χ1n) is 5.01. The zero-order valence-corrected chi connectivity index (χ0v) is 9.16. The third kappa shape index (κ3) is 4.58. The lowest BCUT2D eigenvalue weighted by Gasteiger charge is -1.95. The largest absolute Gasteiger partial charge is 0.392 e. The Hall–Kier alpha value is -1.86. The summed E-state index contributed by atoms with van der Waals surface area (Å²) < 4.78 is 0. The molecule has 1 rings (SSSR count). The Morgan fingerprint density at radius 2 is 2.38 bits per heavy atom. The van der Waals surface area contributed by atoms with E-state index in [4.69, 9.17) is 5.11 Å². The second-order valence-electron chi connectivity index (χ2n) is 3.24. The van der Waals surface area contributed by atoms with Crippen molar-refractivity contribution < 1.29 is 9.90 Å². The maximum Gasteiger partial charge on any atom is 0.216 e. The van der Waals surface area contributed by atoms with Crippen molar-refractivity contribution in [3.8, 4) is 11.8 Å². The maximum atomic E-state index is 10.6. The van der Waals surface area contributed by atoms with Gasteiger partial charge in [-0.15, -0.1) is 0 Å². The molecule has 0 bridgehead atoms. The molecule has 0 aliphatic heterocycles. The Morgan fingerprint density at radius 1 is 1.56 bits per heavy atom. The van der Waals surface area contributed by atoms with Crippen LogP contribution in [-0.2, 0) is 11.4 Å². The molecule has 1 heterocycles. The molecule has 0 unspecified atom stereocenters. The predicted molar refractivity (Wildman–Crippen MR) is 60.3 cm³/mol. The first kappa shape index (κ1) is 12.2. The summed E-state index contributed by atoms with van der Waals surface area (Å²) in [6.07, 6.45) is 2.20. The molecule has 4 nitrogen and oxygen atoms in total. The van der Waals surface area contributed by atoms with Crippen molar-refractivity contribution in [3.63, 3.8) is 0 Å². The number of nitrogens with zero attached hydrogens (tertiary/aromatic N) is 1. The van der Waals surface area contributed by atoms with Gasteiger partial charge >= 0.3 is 0 Å². The number of hydrogen-bond acceptors (Lipinski definition) is 3. The second-order valence-corrected chi connectivity index (χ2v) is 3.24. The number of aliphatic hydroxyl groups excluding tert-OH is 1. The first-order chi connectivity index (χ1) is 7.72. The highest BCUT2D eigenvalue weighted by molar-refractivity contribution is 5.72. The summed E-state index contributed by atoms with van der Waals surface area (Å²) in [6, 6.07) is 3.54. The molecule has 4 heteroatoms. The van der Waals surface area contributed by atoms with Crippen LogP contribution in [0.2, 0.25) is 0 Å². The molecule has 0 saturated carbocycles. The van der Waals surface area contributed by atoms with Crippen LogP contribution in [0, 0.1) is 11.8 Å². The fourth-order valence-corrected chi connectivity index (χ4v) is 1.05. The lowest BCUT2D eigenvalue weighted by molar-refractivity contribution is -0.118. The van der Waals surface area contributed by atoms with Crippen LogP contribution < -0.4 is 5.32 Å². The average Bonchev–Trinajstić information content (AvgIpc) is 2.29. The molecule has 1 aromatic heterocycles. The number of carbonyl (C=O) groups excluding carboxylic acids is 1. The number of aromatic nitrogens is 1. The van der Waals surface area contributed by atoms with Gasteiger partial charge in [0, 0.05) is 26.1 Å². The molecule has 0 radical (unpaired) electrons. The van der Waals surface area contributed by atoms with Gasteiger partial charge in [0.1, 0.15) is 5.69 Å². The van der Waals surface area contributed by atoms with Crippen molar-refractivity contribution >= 4 is 5.91 Å². The van der Waals surface area contributed by atoms with Crippen molar-refractivity contribution in [1.82, 2.24) is 10.3 Å². The number of aliphatic hydroxyl groups is 1. The van der Waals surface area contributed by atoms with Gasteiger partial charge < -0.3 is 10.4 Å². The number of rotatable bonds is 3.